The Hall–Kier alpha value is -2.25. The summed E-state index contributed by atoms with van der Waals surface area (Å²) in [5.74, 6) is -1.09. The van der Waals surface area contributed by atoms with E-state index < -0.39 is 23.8 Å². The summed E-state index contributed by atoms with van der Waals surface area (Å²) in [7, 11) is 0. The molecule has 0 radical (unpaired) electrons. The van der Waals surface area contributed by atoms with E-state index in [1.807, 2.05) is 0 Å². The van der Waals surface area contributed by atoms with Crippen molar-refractivity contribution in [3.63, 3.8) is 0 Å². The van der Waals surface area contributed by atoms with E-state index in [9.17, 15) is 14.4 Å². The number of H-pyrrole nitrogens is 1. The van der Waals surface area contributed by atoms with Crippen molar-refractivity contribution in [1.82, 2.24) is 25.4 Å². The molecule has 1 fully saturated rings. The van der Waals surface area contributed by atoms with Crippen molar-refractivity contribution in [2.75, 3.05) is 6.54 Å². The first-order valence-corrected chi connectivity index (χ1v) is 5.02. The topological polar surface area (TPSA) is 108 Å². The van der Waals surface area contributed by atoms with Crippen molar-refractivity contribution in [3.05, 3.63) is 11.6 Å². The number of aryl methyl sites for hydroxylation is 1. The Kier molecular flexibility index (Phi) is 2.62. The minimum Gasteiger partial charge on any atom is -0.315 e. The summed E-state index contributed by atoms with van der Waals surface area (Å²) in [4.78, 5) is 39.6. The molecule has 0 spiro atoms. The van der Waals surface area contributed by atoms with E-state index in [-0.39, 0.29) is 12.4 Å². The Bertz CT molecular complexity index is 495. The molecule has 1 atom stereocenters. The van der Waals surface area contributed by atoms with Crippen LogP contribution in [0.1, 0.15) is 23.4 Å². The first kappa shape index (κ1) is 11.2. The molecule has 90 valence electrons. The summed E-state index contributed by atoms with van der Waals surface area (Å²) >= 11 is 0. The summed E-state index contributed by atoms with van der Waals surface area (Å²) in [6, 6.07) is -0.709. The number of hydrogen-bond donors (Lipinski definition) is 2. The van der Waals surface area contributed by atoms with Gasteiger partial charge in [0.2, 0.25) is 17.6 Å². The molecule has 3 amide bonds. The molecule has 0 aromatic carbocycles. The summed E-state index contributed by atoms with van der Waals surface area (Å²) < 4.78 is 0. The highest BCUT2D eigenvalue weighted by molar-refractivity contribution is 6.06. The molecule has 1 saturated heterocycles. The summed E-state index contributed by atoms with van der Waals surface area (Å²) in [5, 5.41) is 8.39. The fraction of sp³-hybridized carbons (Fsp3) is 0.444. The Labute approximate surface area is 96.4 Å². The van der Waals surface area contributed by atoms with Crippen molar-refractivity contribution in [3.8, 4) is 0 Å². The van der Waals surface area contributed by atoms with Crippen LogP contribution in [-0.4, -0.2) is 50.4 Å². The third-order valence-corrected chi connectivity index (χ3v) is 2.47. The molecule has 1 aliphatic heterocycles. The first-order chi connectivity index (χ1) is 7.99. The lowest BCUT2D eigenvalue weighted by Crippen LogP contribution is -2.58. The van der Waals surface area contributed by atoms with E-state index in [0.29, 0.717) is 5.82 Å². The van der Waals surface area contributed by atoms with E-state index >= 15 is 0 Å². The average molecular weight is 237 g/mol. The maximum absolute atomic E-state index is 12.0. The average Bonchev–Trinajstić information content (AvgIpc) is 2.69. The lowest BCUT2D eigenvalue weighted by atomic mass is 10.2. The third kappa shape index (κ3) is 2.01. The number of carbonyl (C=O) groups is 3. The SMILES string of the molecule is Cc1nc(C(=O)N2CC(=O)NC(=O)C2C)n[nH]1. The number of amides is 3. The van der Waals surface area contributed by atoms with Gasteiger partial charge in [-0.3, -0.25) is 24.8 Å². The molecule has 0 aliphatic carbocycles. The van der Waals surface area contributed by atoms with Crippen molar-refractivity contribution < 1.29 is 14.4 Å². The number of aromatic nitrogens is 3. The number of imide groups is 1. The Balaban J connectivity index is 2.24. The molecule has 1 aromatic heterocycles. The number of aromatic amines is 1. The number of carbonyl (C=O) groups excluding carboxylic acids is 3. The molecule has 2 heterocycles. The molecule has 0 saturated carbocycles. The Morgan fingerprint density at radius 1 is 1.47 bits per heavy atom. The van der Waals surface area contributed by atoms with Crippen LogP contribution in [-0.2, 0) is 9.59 Å². The summed E-state index contributed by atoms with van der Waals surface area (Å²) in [5.41, 5.74) is 0. The molecule has 8 heteroatoms. The molecular formula is C9H11N5O3. The van der Waals surface area contributed by atoms with Gasteiger partial charge in [-0.1, -0.05) is 0 Å². The molecule has 2 N–H and O–H groups in total. The van der Waals surface area contributed by atoms with Crippen LogP contribution in [0.3, 0.4) is 0 Å². The zero-order valence-corrected chi connectivity index (χ0v) is 9.35. The van der Waals surface area contributed by atoms with E-state index in [4.69, 9.17) is 0 Å². The molecule has 0 bridgehead atoms. The van der Waals surface area contributed by atoms with Gasteiger partial charge in [0, 0.05) is 0 Å². The summed E-state index contributed by atoms with van der Waals surface area (Å²) in [6.07, 6.45) is 0. The van der Waals surface area contributed by atoms with Crippen LogP contribution in [0.4, 0.5) is 0 Å². The monoisotopic (exact) mass is 237 g/mol. The Morgan fingerprint density at radius 2 is 2.18 bits per heavy atom. The highest BCUT2D eigenvalue weighted by Gasteiger charge is 2.35. The van der Waals surface area contributed by atoms with Gasteiger partial charge in [-0.25, -0.2) is 4.98 Å². The van der Waals surface area contributed by atoms with Crippen LogP contribution in [0.15, 0.2) is 0 Å². The zero-order chi connectivity index (χ0) is 12.6. The van der Waals surface area contributed by atoms with Crippen LogP contribution in [0.2, 0.25) is 0 Å². The predicted octanol–water partition coefficient (Wildman–Crippen LogP) is -1.40. The van der Waals surface area contributed by atoms with E-state index in [1.54, 1.807) is 13.8 Å². The van der Waals surface area contributed by atoms with E-state index in [2.05, 4.69) is 20.5 Å². The third-order valence-electron chi connectivity index (χ3n) is 2.47. The number of hydrogen-bond acceptors (Lipinski definition) is 5. The largest absolute Gasteiger partial charge is 0.315 e. The van der Waals surface area contributed by atoms with E-state index in [0.717, 1.165) is 4.90 Å². The first-order valence-electron chi connectivity index (χ1n) is 5.02. The minimum absolute atomic E-state index is 0.0446. The second-order valence-corrected chi connectivity index (χ2v) is 3.77. The molecule has 1 aromatic rings. The molecule has 1 unspecified atom stereocenters. The normalized spacial score (nSPS) is 20.4. The number of rotatable bonds is 1. The smallest absolute Gasteiger partial charge is 0.294 e. The second-order valence-electron chi connectivity index (χ2n) is 3.77. The fourth-order valence-electron chi connectivity index (χ4n) is 1.53. The molecule has 8 nitrogen and oxygen atoms in total. The van der Waals surface area contributed by atoms with Crippen molar-refractivity contribution in [2.24, 2.45) is 0 Å². The van der Waals surface area contributed by atoms with Gasteiger partial charge in [0.25, 0.3) is 5.91 Å². The quantitative estimate of drug-likeness (QED) is 0.584. The van der Waals surface area contributed by atoms with E-state index in [1.165, 1.54) is 0 Å². The molecule has 2 rings (SSSR count). The molecular weight excluding hydrogens is 226 g/mol. The van der Waals surface area contributed by atoms with Gasteiger partial charge in [0.1, 0.15) is 18.4 Å². The van der Waals surface area contributed by atoms with Crippen LogP contribution in [0.5, 0.6) is 0 Å². The lowest BCUT2D eigenvalue weighted by Gasteiger charge is -2.30. The van der Waals surface area contributed by atoms with Crippen LogP contribution in [0, 0.1) is 6.92 Å². The number of piperazine rings is 1. The van der Waals surface area contributed by atoms with Gasteiger partial charge >= 0.3 is 0 Å². The van der Waals surface area contributed by atoms with Crippen LogP contribution in [0.25, 0.3) is 0 Å². The van der Waals surface area contributed by atoms with Gasteiger partial charge < -0.3 is 4.90 Å². The van der Waals surface area contributed by atoms with Gasteiger partial charge in [0.15, 0.2) is 0 Å². The van der Waals surface area contributed by atoms with Crippen molar-refractivity contribution in [2.45, 2.75) is 19.9 Å². The summed E-state index contributed by atoms with van der Waals surface area (Å²) in [6.45, 7) is 3.03. The van der Waals surface area contributed by atoms with Gasteiger partial charge in [-0.15, -0.1) is 5.10 Å². The maximum Gasteiger partial charge on any atom is 0.294 e. The van der Waals surface area contributed by atoms with Crippen molar-refractivity contribution in [1.29, 1.82) is 0 Å². The van der Waals surface area contributed by atoms with Gasteiger partial charge in [0.05, 0.1) is 0 Å². The number of nitrogens with one attached hydrogen (secondary N) is 2. The second kappa shape index (κ2) is 3.96. The minimum atomic E-state index is -0.709. The zero-order valence-electron chi connectivity index (χ0n) is 9.35. The molecule has 17 heavy (non-hydrogen) atoms. The maximum atomic E-state index is 12.0. The lowest BCUT2D eigenvalue weighted by molar-refractivity contribution is -0.138. The fourth-order valence-corrected chi connectivity index (χ4v) is 1.53. The number of nitrogens with zero attached hydrogens (tertiary/aromatic N) is 3. The Morgan fingerprint density at radius 3 is 2.76 bits per heavy atom. The standard InChI is InChI=1S/C9H11N5O3/c1-4-8(16)11-6(15)3-14(4)9(17)7-10-5(2)12-13-7/h4H,3H2,1-2H3,(H,10,12,13)(H,11,15,16). The highest BCUT2D eigenvalue weighted by atomic mass is 16.2. The van der Waals surface area contributed by atoms with Crippen LogP contribution < -0.4 is 5.32 Å². The van der Waals surface area contributed by atoms with Gasteiger partial charge in [-0.2, -0.15) is 0 Å². The highest BCUT2D eigenvalue weighted by Crippen LogP contribution is 2.08. The molecule has 1 aliphatic rings. The predicted molar refractivity (Wildman–Crippen MR) is 54.8 cm³/mol. The van der Waals surface area contributed by atoms with Gasteiger partial charge in [-0.05, 0) is 13.8 Å². The van der Waals surface area contributed by atoms with Crippen LogP contribution >= 0.6 is 0 Å². The van der Waals surface area contributed by atoms with Crippen molar-refractivity contribution >= 4 is 17.7 Å².